The summed E-state index contributed by atoms with van der Waals surface area (Å²) < 4.78 is 59.1. The van der Waals surface area contributed by atoms with Crippen molar-refractivity contribution in [3.05, 3.63) is 52.3 Å². The van der Waals surface area contributed by atoms with Crippen LogP contribution in [-0.4, -0.2) is 58.0 Å². The van der Waals surface area contributed by atoms with E-state index in [1.54, 1.807) is 13.8 Å². The third kappa shape index (κ3) is 4.63. The highest BCUT2D eigenvalue weighted by Gasteiger charge is 2.35. The molecule has 0 bridgehead atoms. The number of nitrogens with zero attached hydrogens (tertiary/aromatic N) is 3. The highest BCUT2D eigenvalue weighted by Crippen LogP contribution is 2.34. The molecule has 34 heavy (non-hydrogen) atoms. The van der Waals surface area contributed by atoms with Gasteiger partial charge in [0, 0.05) is 5.56 Å². The molecule has 0 spiro atoms. The van der Waals surface area contributed by atoms with E-state index in [2.05, 4.69) is 20.6 Å². The van der Waals surface area contributed by atoms with Crippen molar-refractivity contribution in [2.24, 2.45) is 0 Å². The van der Waals surface area contributed by atoms with Crippen LogP contribution in [0.3, 0.4) is 0 Å². The maximum atomic E-state index is 14.6. The van der Waals surface area contributed by atoms with Crippen LogP contribution in [-0.2, 0) is 9.53 Å². The van der Waals surface area contributed by atoms with Gasteiger partial charge in [-0.25, -0.2) is 27.5 Å². The Labute approximate surface area is 192 Å². The van der Waals surface area contributed by atoms with Gasteiger partial charge in [0.25, 0.3) is 12.3 Å². The van der Waals surface area contributed by atoms with Crippen LogP contribution in [0.2, 0.25) is 0 Å². The second-order valence-electron chi connectivity index (χ2n) is 8.06. The monoisotopic (exact) mass is 481 g/mol. The summed E-state index contributed by atoms with van der Waals surface area (Å²) in [6, 6.07) is 3.08. The zero-order valence-electron chi connectivity index (χ0n) is 18.4. The molecule has 1 aromatic carbocycles. The topological polar surface area (TPSA) is 99.6 Å². The van der Waals surface area contributed by atoms with Crippen molar-refractivity contribution in [1.82, 2.24) is 14.9 Å². The lowest BCUT2D eigenvalue weighted by Gasteiger charge is -2.40. The first-order chi connectivity index (χ1) is 16.2. The summed E-state index contributed by atoms with van der Waals surface area (Å²) >= 11 is 0. The van der Waals surface area contributed by atoms with Crippen LogP contribution in [0.15, 0.2) is 24.0 Å². The fraction of sp³-hybridized carbons (Fsp3) is 0.409. The van der Waals surface area contributed by atoms with Crippen LogP contribution in [0, 0.1) is 12.7 Å². The molecule has 2 aromatic rings. The van der Waals surface area contributed by atoms with Gasteiger partial charge < -0.3 is 25.4 Å². The normalized spacial score (nSPS) is 18.5. The predicted molar refractivity (Wildman–Crippen MR) is 115 cm³/mol. The second-order valence-corrected chi connectivity index (χ2v) is 8.06. The van der Waals surface area contributed by atoms with Gasteiger partial charge in [-0.05, 0) is 19.9 Å². The number of hydrogen-bond donors (Lipinski definition) is 3. The molecular weight excluding hydrogens is 458 g/mol. The smallest absolute Gasteiger partial charge is 0.266 e. The number of carbonyl (C=O) groups is 1. The van der Waals surface area contributed by atoms with E-state index in [4.69, 9.17) is 4.74 Å². The number of halogens is 4. The molecule has 1 amide bonds. The minimum Gasteiger partial charge on any atom is -0.486 e. The average molecular weight is 481 g/mol. The van der Waals surface area contributed by atoms with Gasteiger partial charge in [0.2, 0.25) is 0 Å². The van der Waals surface area contributed by atoms with Crippen LogP contribution in [0.5, 0.6) is 0 Å². The SMILES string of the molecule is Cc1nc2c(c(N[C@H](C)c3cccc(C(F)F)c3F)n1)C=C(OC1CN(C(=O)CF)C1)C(O)N2. The zero-order chi connectivity index (χ0) is 24.6. The Morgan fingerprint density at radius 3 is 2.71 bits per heavy atom. The summed E-state index contributed by atoms with van der Waals surface area (Å²) in [6.45, 7) is 2.52. The molecule has 3 heterocycles. The zero-order valence-corrected chi connectivity index (χ0v) is 18.4. The number of aliphatic hydroxyl groups is 1. The number of rotatable bonds is 7. The fourth-order valence-electron chi connectivity index (χ4n) is 3.81. The van der Waals surface area contributed by atoms with Crippen molar-refractivity contribution in [3.63, 3.8) is 0 Å². The lowest BCUT2D eigenvalue weighted by Crippen LogP contribution is -2.55. The van der Waals surface area contributed by atoms with Gasteiger partial charge in [-0.3, -0.25) is 4.79 Å². The van der Waals surface area contributed by atoms with Crippen molar-refractivity contribution in [1.29, 1.82) is 0 Å². The van der Waals surface area contributed by atoms with Gasteiger partial charge in [-0.1, -0.05) is 18.2 Å². The van der Waals surface area contributed by atoms with E-state index in [0.717, 1.165) is 6.07 Å². The summed E-state index contributed by atoms with van der Waals surface area (Å²) in [6.07, 6.45) is -3.08. The van der Waals surface area contributed by atoms with Crippen molar-refractivity contribution in [2.75, 3.05) is 30.4 Å². The first-order valence-electron chi connectivity index (χ1n) is 10.6. The standard InChI is InChI=1S/C22H23F4N5O3/c1-10(13-4-3-5-14(18(13)24)19(25)26)27-20-15-6-16(22(33)30-21(15)29-11(2)28-20)34-12-8-31(9-12)17(32)7-23/h3-6,10,12,19,22,33H,7-9H2,1-2H3,(H2,27,28,29,30)/t10-,22?/m1/s1. The molecule has 1 fully saturated rings. The Balaban J connectivity index is 1.58. The molecule has 1 saturated heterocycles. The van der Waals surface area contributed by atoms with E-state index in [9.17, 15) is 27.5 Å². The molecule has 182 valence electrons. The molecule has 3 N–H and O–H groups in total. The Hall–Kier alpha value is -3.41. The van der Waals surface area contributed by atoms with Gasteiger partial charge in [0.15, 0.2) is 12.9 Å². The highest BCUT2D eigenvalue weighted by atomic mass is 19.3. The van der Waals surface area contributed by atoms with Crippen LogP contribution in [0.1, 0.15) is 41.9 Å². The Morgan fingerprint density at radius 1 is 1.32 bits per heavy atom. The molecule has 0 saturated carbocycles. The molecule has 4 rings (SSSR count). The van der Waals surface area contributed by atoms with E-state index in [1.165, 1.54) is 23.1 Å². The molecule has 2 aliphatic rings. The number of carbonyl (C=O) groups excluding carboxylic acids is 1. The largest absolute Gasteiger partial charge is 0.486 e. The van der Waals surface area contributed by atoms with Gasteiger partial charge >= 0.3 is 0 Å². The fourth-order valence-corrected chi connectivity index (χ4v) is 3.81. The lowest BCUT2D eigenvalue weighted by molar-refractivity contribution is -0.143. The first-order valence-corrected chi connectivity index (χ1v) is 10.6. The van der Waals surface area contributed by atoms with Crippen LogP contribution in [0.25, 0.3) is 6.08 Å². The number of aromatic nitrogens is 2. The van der Waals surface area contributed by atoms with Crippen molar-refractivity contribution in [2.45, 2.75) is 38.6 Å². The van der Waals surface area contributed by atoms with E-state index in [-0.39, 0.29) is 30.2 Å². The van der Waals surface area contributed by atoms with Gasteiger partial charge in [-0.15, -0.1) is 0 Å². The first kappa shape index (κ1) is 23.7. The molecule has 2 atom stereocenters. The number of amides is 1. The highest BCUT2D eigenvalue weighted by molar-refractivity contribution is 5.79. The second kappa shape index (κ2) is 9.45. The number of hydrogen-bond acceptors (Lipinski definition) is 7. The summed E-state index contributed by atoms with van der Waals surface area (Å²) in [5.74, 6) is -0.561. The summed E-state index contributed by atoms with van der Waals surface area (Å²) in [4.78, 5) is 21.3. The molecule has 0 aliphatic carbocycles. The van der Waals surface area contributed by atoms with E-state index < -0.39 is 48.8 Å². The number of fused-ring (bicyclic) bond motifs is 1. The maximum absolute atomic E-state index is 14.6. The molecule has 12 heteroatoms. The number of aryl methyl sites for hydroxylation is 1. The predicted octanol–water partition coefficient (Wildman–Crippen LogP) is 3.32. The van der Waals surface area contributed by atoms with Gasteiger partial charge in [0.05, 0.1) is 30.3 Å². The Kier molecular flexibility index (Phi) is 6.60. The van der Waals surface area contributed by atoms with Crippen LogP contribution in [0.4, 0.5) is 29.2 Å². The maximum Gasteiger partial charge on any atom is 0.266 e. The van der Waals surface area contributed by atoms with Gasteiger partial charge in [-0.2, -0.15) is 0 Å². The van der Waals surface area contributed by atoms with Crippen LogP contribution >= 0.6 is 0 Å². The molecular formula is C22H23F4N5O3. The minimum atomic E-state index is -2.95. The van der Waals surface area contributed by atoms with E-state index in [0.29, 0.717) is 17.2 Å². The molecule has 1 aromatic heterocycles. The molecule has 8 nitrogen and oxygen atoms in total. The number of benzene rings is 1. The Bertz CT molecular complexity index is 1120. The summed E-state index contributed by atoms with van der Waals surface area (Å²) in [5.41, 5.74) is -0.230. The van der Waals surface area contributed by atoms with Gasteiger partial charge in [0.1, 0.15) is 35.1 Å². The minimum absolute atomic E-state index is 0.0409. The number of anilines is 2. The quantitative estimate of drug-likeness (QED) is 0.522. The number of nitrogens with one attached hydrogen (secondary N) is 2. The lowest BCUT2D eigenvalue weighted by atomic mass is 10.0. The van der Waals surface area contributed by atoms with Crippen molar-refractivity contribution in [3.8, 4) is 0 Å². The number of likely N-dealkylation sites (tertiary alicyclic amines) is 1. The summed E-state index contributed by atoms with van der Waals surface area (Å²) in [5, 5.41) is 16.2. The van der Waals surface area contributed by atoms with E-state index in [1.807, 2.05) is 0 Å². The Morgan fingerprint density at radius 2 is 2.03 bits per heavy atom. The average Bonchev–Trinajstić information content (AvgIpc) is 2.75. The third-order valence-electron chi connectivity index (χ3n) is 5.62. The molecule has 2 aliphatic heterocycles. The number of ether oxygens (including phenoxy) is 1. The third-order valence-corrected chi connectivity index (χ3v) is 5.62. The van der Waals surface area contributed by atoms with E-state index >= 15 is 0 Å². The molecule has 0 radical (unpaired) electrons. The summed E-state index contributed by atoms with van der Waals surface area (Å²) in [7, 11) is 0. The number of aliphatic hydroxyl groups excluding tert-OH is 1. The van der Waals surface area contributed by atoms with Crippen molar-refractivity contribution >= 4 is 23.6 Å². The number of alkyl halides is 3. The van der Waals surface area contributed by atoms with Crippen LogP contribution < -0.4 is 10.6 Å². The van der Waals surface area contributed by atoms with Crippen molar-refractivity contribution < 1.29 is 32.2 Å². The molecule has 1 unspecified atom stereocenters.